The molecule has 1 unspecified atom stereocenters. The van der Waals surface area contributed by atoms with Gasteiger partial charge in [0.25, 0.3) is 5.91 Å². The van der Waals surface area contributed by atoms with Crippen LogP contribution in [-0.4, -0.2) is 44.8 Å². The lowest BCUT2D eigenvalue weighted by atomic mass is 9.97. The molecule has 0 bridgehead atoms. The first-order valence-electron chi connectivity index (χ1n) is 13.1. The van der Waals surface area contributed by atoms with Crippen molar-refractivity contribution in [3.05, 3.63) is 68.6 Å². The molecule has 0 N–H and O–H groups in total. The molecule has 198 valence electrons. The van der Waals surface area contributed by atoms with Crippen LogP contribution in [0.4, 0.5) is 0 Å². The normalized spacial score (nSPS) is 14.9. The number of carbonyl (C=O) groups excluding carboxylic acids is 1. The Bertz CT molecular complexity index is 1330. The average molecular weight is 508 g/mol. The summed E-state index contributed by atoms with van der Waals surface area (Å²) in [5.74, 6) is 1.05. The van der Waals surface area contributed by atoms with Crippen molar-refractivity contribution in [2.24, 2.45) is 0 Å². The van der Waals surface area contributed by atoms with Gasteiger partial charge in [0.1, 0.15) is 5.58 Å². The molecule has 1 aliphatic rings. The van der Waals surface area contributed by atoms with E-state index in [0.29, 0.717) is 54.2 Å². The smallest absolute Gasteiger partial charge is 0.290 e. The van der Waals surface area contributed by atoms with E-state index in [1.807, 2.05) is 44.2 Å². The average Bonchev–Trinajstić information content (AvgIpc) is 3.16. The molecule has 2 aromatic carbocycles. The lowest BCUT2D eigenvalue weighted by Crippen LogP contribution is -2.31. The standard InChI is InChI=1S/C30H37NO6/c1-6-7-8-9-15-36-23-12-11-21(18-24(23)35-5)26-25-27(32)22-17-19(2)16-20(3)28(22)37-29(25)30(33)31(26)13-10-14-34-4/h11-12,16-18,26H,6-10,13-15H2,1-5H3. The van der Waals surface area contributed by atoms with Crippen molar-refractivity contribution in [3.63, 3.8) is 0 Å². The Morgan fingerprint density at radius 2 is 1.76 bits per heavy atom. The predicted molar refractivity (Wildman–Crippen MR) is 144 cm³/mol. The number of hydrogen-bond acceptors (Lipinski definition) is 6. The molecule has 0 radical (unpaired) electrons. The van der Waals surface area contributed by atoms with E-state index in [4.69, 9.17) is 18.6 Å². The number of unbranched alkanes of at least 4 members (excludes halogenated alkanes) is 3. The lowest BCUT2D eigenvalue weighted by Gasteiger charge is -2.25. The van der Waals surface area contributed by atoms with Crippen molar-refractivity contribution >= 4 is 16.9 Å². The first-order chi connectivity index (χ1) is 17.9. The van der Waals surface area contributed by atoms with Crippen LogP contribution in [0.5, 0.6) is 11.5 Å². The SMILES string of the molecule is CCCCCCOc1ccc(C2c3c(oc4c(C)cc(C)cc4c3=O)C(=O)N2CCCOC)cc1OC. The third-order valence-corrected chi connectivity index (χ3v) is 6.90. The number of aryl methyl sites for hydroxylation is 2. The van der Waals surface area contributed by atoms with Crippen LogP contribution in [0.2, 0.25) is 0 Å². The van der Waals surface area contributed by atoms with Crippen LogP contribution in [0.25, 0.3) is 11.0 Å². The van der Waals surface area contributed by atoms with Crippen LogP contribution in [0.1, 0.15) is 77.9 Å². The van der Waals surface area contributed by atoms with Gasteiger partial charge in [0, 0.05) is 20.3 Å². The molecule has 0 saturated heterocycles. The monoisotopic (exact) mass is 507 g/mol. The van der Waals surface area contributed by atoms with Gasteiger partial charge in [0.15, 0.2) is 16.9 Å². The number of hydrogen-bond donors (Lipinski definition) is 0. The number of benzene rings is 2. The van der Waals surface area contributed by atoms with Gasteiger partial charge in [-0.3, -0.25) is 9.59 Å². The van der Waals surface area contributed by atoms with E-state index in [1.54, 1.807) is 19.1 Å². The van der Waals surface area contributed by atoms with E-state index in [9.17, 15) is 9.59 Å². The maximum atomic E-state index is 13.9. The fourth-order valence-corrected chi connectivity index (χ4v) is 5.12. The molecular formula is C30H37NO6. The van der Waals surface area contributed by atoms with Gasteiger partial charge >= 0.3 is 0 Å². The van der Waals surface area contributed by atoms with Gasteiger partial charge in [0.05, 0.1) is 30.7 Å². The highest BCUT2D eigenvalue weighted by atomic mass is 16.5. The highest BCUT2D eigenvalue weighted by Gasteiger charge is 2.42. The van der Waals surface area contributed by atoms with Crippen molar-refractivity contribution in [2.45, 2.75) is 58.9 Å². The zero-order valence-electron chi connectivity index (χ0n) is 22.5. The summed E-state index contributed by atoms with van der Waals surface area (Å²) < 4.78 is 23.0. The summed E-state index contributed by atoms with van der Waals surface area (Å²) in [6, 6.07) is 8.83. The molecule has 7 heteroatoms. The van der Waals surface area contributed by atoms with Crippen molar-refractivity contribution < 1.29 is 23.4 Å². The molecule has 3 aromatic rings. The molecule has 1 atom stereocenters. The Balaban J connectivity index is 1.78. The Morgan fingerprint density at radius 3 is 2.49 bits per heavy atom. The Kier molecular flexibility index (Phi) is 8.54. The van der Waals surface area contributed by atoms with Gasteiger partial charge in [-0.1, -0.05) is 38.3 Å². The predicted octanol–water partition coefficient (Wildman–Crippen LogP) is 5.96. The van der Waals surface area contributed by atoms with Crippen LogP contribution < -0.4 is 14.9 Å². The van der Waals surface area contributed by atoms with E-state index in [2.05, 4.69) is 6.92 Å². The van der Waals surface area contributed by atoms with Gasteiger partial charge in [0.2, 0.25) is 5.76 Å². The first-order valence-corrected chi connectivity index (χ1v) is 13.1. The molecule has 2 heterocycles. The molecule has 1 aromatic heterocycles. The number of nitrogens with zero attached hydrogens (tertiary/aromatic N) is 1. The second-order valence-corrected chi connectivity index (χ2v) is 9.70. The summed E-state index contributed by atoms with van der Waals surface area (Å²) >= 11 is 0. The number of methoxy groups -OCH3 is 2. The number of amides is 1. The van der Waals surface area contributed by atoms with Crippen molar-refractivity contribution in [2.75, 3.05) is 34.0 Å². The molecule has 4 rings (SSSR count). The van der Waals surface area contributed by atoms with Gasteiger partial charge in [-0.2, -0.15) is 0 Å². The van der Waals surface area contributed by atoms with Crippen LogP contribution in [0, 0.1) is 13.8 Å². The van der Waals surface area contributed by atoms with E-state index < -0.39 is 6.04 Å². The molecule has 1 aliphatic heterocycles. The fraction of sp³-hybridized carbons (Fsp3) is 0.467. The number of carbonyl (C=O) groups is 1. The molecular weight excluding hydrogens is 470 g/mol. The first kappa shape index (κ1) is 26.7. The summed E-state index contributed by atoms with van der Waals surface area (Å²) in [6.07, 6.45) is 5.09. The van der Waals surface area contributed by atoms with Crippen LogP contribution in [0.15, 0.2) is 39.5 Å². The molecule has 1 amide bonds. The summed E-state index contributed by atoms with van der Waals surface area (Å²) in [7, 11) is 3.23. The quantitative estimate of drug-likeness (QED) is 0.282. The summed E-state index contributed by atoms with van der Waals surface area (Å²) in [4.78, 5) is 29.2. The van der Waals surface area contributed by atoms with Gasteiger partial charge in [-0.15, -0.1) is 0 Å². The largest absolute Gasteiger partial charge is 0.493 e. The summed E-state index contributed by atoms with van der Waals surface area (Å²) in [5, 5.41) is 0.492. The maximum Gasteiger partial charge on any atom is 0.290 e. The topological polar surface area (TPSA) is 78.2 Å². The minimum atomic E-state index is -0.590. The third kappa shape index (κ3) is 5.37. The lowest BCUT2D eigenvalue weighted by molar-refractivity contribution is 0.0707. The minimum absolute atomic E-state index is 0.113. The number of rotatable bonds is 12. The van der Waals surface area contributed by atoms with E-state index in [-0.39, 0.29) is 17.1 Å². The van der Waals surface area contributed by atoms with Crippen molar-refractivity contribution in [1.29, 1.82) is 0 Å². The highest BCUT2D eigenvalue weighted by Crippen LogP contribution is 2.41. The molecule has 0 saturated carbocycles. The molecule has 7 nitrogen and oxygen atoms in total. The maximum absolute atomic E-state index is 13.9. The van der Waals surface area contributed by atoms with Gasteiger partial charge < -0.3 is 23.5 Å². The number of fused-ring (bicyclic) bond motifs is 2. The van der Waals surface area contributed by atoms with Crippen LogP contribution in [-0.2, 0) is 4.74 Å². The Labute approximate surface area is 218 Å². The molecule has 0 spiro atoms. The molecule has 0 fully saturated rings. The van der Waals surface area contributed by atoms with Crippen molar-refractivity contribution in [3.8, 4) is 11.5 Å². The summed E-state index contributed by atoms with van der Waals surface area (Å²) in [5.41, 5.74) is 3.23. The van der Waals surface area contributed by atoms with Crippen LogP contribution >= 0.6 is 0 Å². The number of ether oxygens (including phenoxy) is 3. The van der Waals surface area contributed by atoms with E-state index >= 15 is 0 Å². The van der Waals surface area contributed by atoms with Gasteiger partial charge in [-0.05, 0) is 61.6 Å². The van der Waals surface area contributed by atoms with Crippen LogP contribution in [0.3, 0.4) is 0 Å². The fourth-order valence-electron chi connectivity index (χ4n) is 5.12. The van der Waals surface area contributed by atoms with Gasteiger partial charge in [-0.25, -0.2) is 0 Å². The minimum Gasteiger partial charge on any atom is -0.493 e. The molecule has 0 aliphatic carbocycles. The Morgan fingerprint density at radius 1 is 0.946 bits per heavy atom. The van der Waals surface area contributed by atoms with Crippen molar-refractivity contribution in [1.82, 2.24) is 4.90 Å². The highest BCUT2D eigenvalue weighted by molar-refractivity contribution is 5.99. The summed E-state index contributed by atoms with van der Waals surface area (Å²) in [6.45, 7) is 7.56. The Hall–Kier alpha value is -3.32. The third-order valence-electron chi connectivity index (χ3n) is 6.90. The van der Waals surface area contributed by atoms with E-state index in [1.165, 1.54) is 12.8 Å². The zero-order valence-corrected chi connectivity index (χ0v) is 22.5. The second-order valence-electron chi connectivity index (χ2n) is 9.70. The van der Waals surface area contributed by atoms with E-state index in [0.717, 1.165) is 29.5 Å². The zero-order chi connectivity index (χ0) is 26.5. The second kappa shape index (κ2) is 11.8. The molecule has 37 heavy (non-hydrogen) atoms.